The number of fused-ring (bicyclic) bond motifs is 1. The van der Waals surface area contributed by atoms with Gasteiger partial charge in [-0.2, -0.15) is 0 Å². The molecule has 1 aromatic heterocycles. The molecule has 3 aromatic rings. The van der Waals surface area contributed by atoms with Crippen LogP contribution in [0, 0.1) is 15.9 Å². The molecule has 0 unspecified atom stereocenters. The van der Waals surface area contributed by atoms with Gasteiger partial charge in [0.15, 0.2) is 12.0 Å². The van der Waals surface area contributed by atoms with Crippen LogP contribution in [0.5, 0.6) is 0 Å². The number of ether oxygens (including phenoxy) is 1. The molecule has 0 spiro atoms. The molecule has 0 aliphatic rings. The first-order chi connectivity index (χ1) is 13.3. The zero-order valence-electron chi connectivity index (χ0n) is 14.1. The maximum absolute atomic E-state index is 13.7. The van der Waals surface area contributed by atoms with Gasteiger partial charge in [-0.1, -0.05) is 12.1 Å². The van der Waals surface area contributed by atoms with Crippen LogP contribution >= 0.6 is 0 Å². The van der Waals surface area contributed by atoms with Gasteiger partial charge in [0.25, 0.3) is 11.6 Å². The van der Waals surface area contributed by atoms with Crippen molar-refractivity contribution in [2.45, 2.75) is 0 Å². The molecule has 28 heavy (non-hydrogen) atoms. The molecule has 10 heteroatoms. The highest BCUT2D eigenvalue weighted by Crippen LogP contribution is 2.21. The maximum Gasteiger partial charge on any atom is 0.355 e. The van der Waals surface area contributed by atoms with Gasteiger partial charge in [-0.3, -0.25) is 19.7 Å². The van der Waals surface area contributed by atoms with Crippen LogP contribution in [0.1, 0.15) is 10.5 Å². The van der Waals surface area contributed by atoms with Gasteiger partial charge in [0.05, 0.1) is 10.6 Å². The Labute approximate surface area is 155 Å². The summed E-state index contributed by atoms with van der Waals surface area (Å²) in [7, 11) is 0. The van der Waals surface area contributed by atoms with E-state index in [4.69, 9.17) is 4.74 Å². The summed E-state index contributed by atoms with van der Waals surface area (Å²) in [6.07, 6.45) is 0. The van der Waals surface area contributed by atoms with Crippen molar-refractivity contribution in [3.8, 4) is 0 Å². The van der Waals surface area contributed by atoms with Crippen LogP contribution in [0.25, 0.3) is 10.9 Å². The number of anilines is 1. The predicted molar refractivity (Wildman–Crippen MR) is 96.5 cm³/mol. The Morgan fingerprint density at radius 3 is 2.68 bits per heavy atom. The van der Waals surface area contributed by atoms with Gasteiger partial charge in [0, 0.05) is 29.1 Å². The Bertz CT molecular complexity index is 1160. The van der Waals surface area contributed by atoms with E-state index in [0.29, 0.717) is 10.9 Å². The summed E-state index contributed by atoms with van der Waals surface area (Å²) in [6, 6.07) is 10.2. The number of halogens is 1. The van der Waals surface area contributed by atoms with Crippen molar-refractivity contribution in [2.75, 3.05) is 11.9 Å². The number of aromatic nitrogens is 1. The number of para-hydroxylation sites is 1. The van der Waals surface area contributed by atoms with Gasteiger partial charge in [0.1, 0.15) is 11.5 Å². The van der Waals surface area contributed by atoms with E-state index in [0.717, 1.165) is 24.3 Å². The molecule has 0 saturated heterocycles. The first kappa shape index (κ1) is 18.7. The molecule has 0 aliphatic carbocycles. The van der Waals surface area contributed by atoms with Crippen LogP contribution in [0.3, 0.4) is 0 Å². The lowest BCUT2D eigenvalue weighted by Crippen LogP contribution is -2.22. The third kappa shape index (κ3) is 4.01. The summed E-state index contributed by atoms with van der Waals surface area (Å²) in [6.45, 7) is -0.782. The van der Waals surface area contributed by atoms with Gasteiger partial charge in [-0.25, -0.2) is 9.18 Å². The first-order valence-electron chi connectivity index (χ1n) is 7.88. The van der Waals surface area contributed by atoms with E-state index in [1.54, 1.807) is 24.3 Å². The highest BCUT2D eigenvalue weighted by Gasteiger charge is 2.16. The lowest BCUT2D eigenvalue weighted by atomic mass is 10.2. The van der Waals surface area contributed by atoms with E-state index < -0.39 is 46.0 Å². The number of nitro groups is 1. The number of rotatable bonds is 5. The van der Waals surface area contributed by atoms with E-state index in [-0.39, 0.29) is 5.69 Å². The number of hydrogen-bond donors (Lipinski definition) is 2. The van der Waals surface area contributed by atoms with Crippen LogP contribution in [0.4, 0.5) is 15.8 Å². The Morgan fingerprint density at radius 2 is 1.93 bits per heavy atom. The minimum absolute atomic E-state index is 0.155. The minimum atomic E-state index is -0.961. The van der Waals surface area contributed by atoms with Crippen LogP contribution in [-0.2, 0) is 9.53 Å². The summed E-state index contributed by atoms with van der Waals surface area (Å²) >= 11 is 0. The van der Waals surface area contributed by atoms with Crippen LogP contribution in [0.15, 0.2) is 53.3 Å². The fraction of sp³-hybridized carbons (Fsp3) is 0.0556. The number of benzene rings is 2. The molecule has 0 radical (unpaired) electrons. The number of carbonyl (C=O) groups excluding carboxylic acids is 2. The molecular formula is C18H12FN3O6. The first-order valence-corrected chi connectivity index (χ1v) is 7.88. The number of aromatic amines is 1. The van der Waals surface area contributed by atoms with Crippen molar-refractivity contribution >= 4 is 34.2 Å². The SMILES string of the molecule is O=C(COC(=O)c1cc(=O)c2ccccc2[nH]1)Nc1cc([N+](=O)[O-])ccc1F. The lowest BCUT2D eigenvalue weighted by Gasteiger charge is -2.08. The quantitative estimate of drug-likeness (QED) is 0.394. The molecule has 0 fully saturated rings. The highest BCUT2D eigenvalue weighted by molar-refractivity contribution is 5.96. The minimum Gasteiger partial charge on any atom is -0.451 e. The van der Waals surface area contributed by atoms with Crippen molar-refractivity contribution in [3.05, 3.63) is 80.4 Å². The Hall–Kier alpha value is -4.08. The van der Waals surface area contributed by atoms with Crippen LogP contribution in [0.2, 0.25) is 0 Å². The van der Waals surface area contributed by atoms with Crippen LogP contribution < -0.4 is 10.7 Å². The number of esters is 1. The fourth-order valence-corrected chi connectivity index (χ4v) is 2.42. The summed E-state index contributed by atoms with van der Waals surface area (Å²) in [5.74, 6) is -2.75. The number of nitro benzene ring substituents is 1. The van der Waals surface area contributed by atoms with Crippen molar-refractivity contribution in [3.63, 3.8) is 0 Å². The fourth-order valence-electron chi connectivity index (χ4n) is 2.42. The third-order valence-corrected chi connectivity index (χ3v) is 3.73. The normalized spacial score (nSPS) is 10.5. The number of H-pyrrole nitrogens is 1. The number of nitrogens with zero attached hydrogens (tertiary/aromatic N) is 1. The second-order valence-corrected chi connectivity index (χ2v) is 5.64. The Balaban J connectivity index is 1.68. The smallest absolute Gasteiger partial charge is 0.355 e. The average molecular weight is 385 g/mol. The van der Waals surface area contributed by atoms with Crippen molar-refractivity contribution in [1.29, 1.82) is 0 Å². The lowest BCUT2D eigenvalue weighted by molar-refractivity contribution is -0.384. The molecule has 1 amide bonds. The third-order valence-electron chi connectivity index (χ3n) is 3.73. The molecule has 142 valence electrons. The van der Waals surface area contributed by atoms with E-state index in [2.05, 4.69) is 10.3 Å². The molecule has 2 aromatic carbocycles. The molecule has 0 bridgehead atoms. The molecule has 0 atom stereocenters. The largest absolute Gasteiger partial charge is 0.451 e. The second-order valence-electron chi connectivity index (χ2n) is 5.64. The molecule has 2 N–H and O–H groups in total. The zero-order chi connectivity index (χ0) is 20.3. The monoisotopic (exact) mass is 385 g/mol. The van der Waals surface area contributed by atoms with Gasteiger partial charge < -0.3 is 15.0 Å². The Kier molecular flexibility index (Phi) is 5.12. The molecule has 0 aliphatic heterocycles. The molecular weight excluding hydrogens is 373 g/mol. The van der Waals surface area contributed by atoms with Crippen molar-refractivity contribution < 1.29 is 23.6 Å². The van der Waals surface area contributed by atoms with Gasteiger partial charge in [-0.15, -0.1) is 0 Å². The van der Waals surface area contributed by atoms with Gasteiger partial charge in [0.2, 0.25) is 0 Å². The number of non-ortho nitro benzene ring substituents is 1. The van der Waals surface area contributed by atoms with Crippen molar-refractivity contribution in [2.24, 2.45) is 0 Å². The molecule has 0 saturated carbocycles. The van der Waals surface area contributed by atoms with Gasteiger partial charge in [-0.05, 0) is 18.2 Å². The standard InChI is InChI=1S/C18H12FN3O6/c19-12-6-5-10(22(26)27)7-14(12)21-17(24)9-28-18(25)15-8-16(23)11-3-1-2-4-13(11)20-15/h1-8H,9H2,(H,20,23)(H,21,24). The number of amides is 1. The van der Waals surface area contributed by atoms with E-state index >= 15 is 0 Å². The average Bonchev–Trinajstić information content (AvgIpc) is 2.67. The summed E-state index contributed by atoms with van der Waals surface area (Å²) < 4.78 is 18.5. The molecule has 9 nitrogen and oxygen atoms in total. The predicted octanol–water partition coefficient (Wildman–Crippen LogP) is 2.37. The Morgan fingerprint density at radius 1 is 1.18 bits per heavy atom. The summed E-state index contributed by atoms with van der Waals surface area (Å²) in [5.41, 5.74) is -0.968. The van der Waals surface area contributed by atoms with Crippen molar-refractivity contribution in [1.82, 2.24) is 4.98 Å². The van der Waals surface area contributed by atoms with E-state index in [9.17, 15) is 28.9 Å². The maximum atomic E-state index is 13.7. The topological polar surface area (TPSA) is 131 Å². The van der Waals surface area contributed by atoms with Crippen LogP contribution in [-0.4, -0.2) is 28.4 Å². The number of pyridine rings is 1. The van der Waals surface area contributed by atoms with E-state index in [1.165, 1.54) is 0 Å². The van der Waals surface area contributed by atoms with E-state index in [1.807, 2.05) is 0 Å². The molecule has 3 rings (SSSR count). The number of carbonyl (C=O) groups is 2. The zero-order valence-corrected chi connectivity index (χ0v) is 14.1. The summed E-state index contributed by atoms with van der Waals surface area (Å²) in [4.78, 5) is 48.6. The van der Waals surface area contributed by atoms with Gasteiger partial charge >= 0.3 is 5.97 Å². The summed E-state index contributed by atoms with van der Waals surface area (Å²) in [5, 5.41) is 13.2. The highest BCUT2D eigenvalue weighted by atomic mass is 19.1. The molecule has 1 heterocycles. The number of nitrogens with one attached hydrogen (secondary N) is 2. The number of hydrogen-bond acceptors (Lipinski definition) is 6. The second kappa shape index (κ2) is 7.66.